The molecule has 0 saturated carbocycles. The molecule has 0 aliphatic rings. The summed E-state index contributed by atoms with van der Waals surface area (Å²) in [5.41, 5.74) is 6.22. The molecule has 5 rings (SSSR count). The number of fused-ring (bicyclic) bond motifs is 3. The van der Waals surface area contributed by atoms with Gasteiger partial charge in [-0.05, 0) is 39.3 Å². The van der Waals surface area contributed by atoms with Crippen LogP contribution in [0.2, 0.25) is 0 Å². The Labute approximate surface area is 212 Å². The van der Waals surface area contributed by atoms with E-state index in [-0.39, 0.29) is 21.8 Å². The summed E-state index contributed by atoms with van der Waals surface area (Å²) in [5.74, 6) is 0. The summed E-state index contributed by atoms with van der Waals surface area (Å²) < 4.78 is 2.52. The third-order valence-corrected chi connectivity index (χ3v) is 7.70. The van der Waals surface area contributed by atoms with E-state index < -0.39 is 0 Å². The predicted molar refractivity (Wildman–Crippen MR) is 156 cm³/mol. The van der Waals surface area contributed by atoms with Crippen molar-refractivity contribution in [1.29, 1.82) is 0 Å². The molecule has 0 nitrogen and oxygen atoms in total. The first kappa shape index (κ1) is 23.2. The van der Waals surface area contributed by atoms with Gasteiger partial charge in [0.05, 0.1) is 0 Å². The van der Waals surface area contributed by atoms with Crippen LogP contribution in [0.4, 0.5) is 0 Å². The molecule has 5 aromatic rings. The minimum Gasteiger partial charge on any atom is -0.135 e. The van der Waals surface area contributed by atoms with E-state index in [1.165, 1.54) is 25.7 Å². The van der Waals surface area contributed by atoms with Crippen LogP contribution in [0.3, 0.4) is 0 Å². The van der Waals surface area contributed by atoms with Crippen molar-refractivity contribution in [2.45, 2.75) is 26.2 Å². The molecule has 1 aromatic heterocycles. The van der Waals surface area contributed by atoms with Gasteiger partial charge in [-0.1, -0.05) is 86.3 Å². The van der Waals surface area contributed by atoms with Crippen LogP contribution in [0, 0.1) is 0 Å². The Morgan fingerprint density at radius 2 is 1.09 bits per heavy atom. The van der Waals surface area contributed by atoms with E-state index in [0.717, 1.165) is 16.7 Å². The van der Waals surface area contributed by atoms with E-state index in [1.807, 2.05) is 23.5 Å². The van der Waals surface area contributed by atoms with Crippen molar-refractivity contribution < 1.29 is 0 Å². The molecule has 0 saturated heterocycles. The van der Waals surface area contributed by atoms with Crippen molar-refractivity contribution in [3.05, 3.63) is 66.2 Å². The lowest BCUT2D eigenvalue weighted by molar-refractivity contribution is 0.594. The number of hydrogen-bond donors (Lipinski definition) is 0. The quantitative estimate of drug-likeness (QED) is 0.370. The Hall–Kier alpha value is -2.58. The molecule has 6 heteroatoms. The van der Waals surface area contributed by atoms with E-state index in [0.29, 0.717) is 16.5 Å². The minimum atomic E-state index is -0.228. The maximum Gasteiger partial charge on any atom is 0.113 e. The standard InChI is InChI=1S/C28H19B5S/c1-28(2,3)21-15(17-11-7-10-16-14-8-4-5-13-19(14)34-27(16)17)9-6-12-18(21)20-22(29)24(31)26(33)25(32)23(20)30/h4-13H,1-3H3. The van der Waals surface area contributed by atoms with Crippen molar-refractivity contribution in [1.82, 2.24) is 0 Å². The average molecular weight is 442 g/mol. The van der Waals surface area contributed by atoms with Crippen LogP contribution in [0.15, 0.2) is 60.7 Å². The summed E-state index contributed by atoms with van der Waals surface area (Å²) in [6.45, 7) is 6.57. The molecule has 152 valence electrons. The number of benzene rings is 4. The molecule has 0 bridgehead atoms. The molecule has 0 unspecified atom stereocenters. The molecule has 10 radical (unpaired) electrons. The maximum absolute atomic E-state index is 6.49. The van der Waals surface area contributed by atoms with Crippen molar-refractivity contribution in [3.63, 3.8) is 0 Å². The van der Waals surface area contributed by atoms with Gasteiger partial charge in [-0.3, -0.25) is 0 Å². The van der Waals surface area contributed by atoms with Crippen LogP contribution in [-0.2, 0) is 5.41 Å². The highest BCUT2D eigenvalue weighted by atomic mass is 32.1. The molecule has 0 spiro atoms. The lowest BCUT2D eigenvalue weighted by Gasteiger charge is -2.30. The summed E-state index contributed by atoms with van der Waals surface area (Å²) in [7, 11) is 31.5. The van der Waals surface area contributed by atoms with Crippen molar-refractivity contribution in [3.8, 4) is 22.3 Å². The molecule has 0 atom stereocenters. The first-order chi connectivity index (χ1) is 16.1. The summed E-state index contributed by atoms with van der Waals surface area (Å²) in [6, 6.07) is 21.3. The minimum absolute atomic E-state index is 0.224. The van der Waals surface area contributed by atoms with Crippen LogP contribution < -0.4 is 27.3 Å². The molecular weight excluding hydrogens is 422 g/mol. The summed E-state index contributed by atoms with van der Waals surface area (Å²) in [4.78, 5) is 0. The van der Waals surface area contributed by atoms with Gasteiger partial charge in [-0.2, -0.15) is 0 Å². The molecule has 0 aliphatic carbocycles. The Balaban J connectivity index is 1.90. The lowest BCUT2D eigenvalue weighted by atomic mass is 9.59. The SMILES string of the molecule is [B]c1c([B])c([B])c(-c2cccc(-c3cccc4c3sc3ccccc34)c2C(C)(C)C)c([B])c1[B]. The first-order valence-electron chi connectivity index (χ1n) is 11.2. The molecule has 4 aromatic carbocycles. The van der Waals surface area contributed by atoms with Crippen molar-refractivity contribution in [2.75, 3.05) is 0 Å². The zero-order valence-electron chi connectivity index (χ0n) is 19.6. The topological polar surface area (TPSA) is 0 Å². The summed E-state index contributed by atoms with van der Waals surface area (Å²) in [6.07, 6.45) is 0. The normalized spacial score (nSPS) is 12.0. The van der Waals surface area contributed by atoms with E-state index >= 15 is 0 Å². The first-order valence-corrected chi connectivity index (χ1v) is 12.0. The monoisotopic (exact) mass is 442 g/mol. The average Bonchev–Trinajstić information content (AvgIpc) is 3.20. The highest BCUT2D eigenvalue weighted by Gasteiger charge is 2.26. The fraction of sp³-hybridized carbons (Fsp3) is 0.143. The van der Waals surface area contributed by atoms with Crippen LogP contribution in [0.1, 0.15) is 26.3 Å². The van der Waals surface area contributed by atoms with Gasteiger partial charge in [0.15, 0.2) is 0 Å². The number of thiophene rings is 1. The third kappa shape index (κ3) is 3.50. The van der Waals surface area contributed by atoms with Crippen LogP contribution in [0.5, 0.6) is 0 Å². The van der Waals surface area contributed by atoms with Crippen molar-refractivity contribution >= 4 is 98.1 Å². The molecule has 0 fully saturated rings. The van der Waals surface area contributed by atoms with E-state index in [1.54, 1.807) is 0 Å². The van der Waals surface area contributed by atoms with E-state index in [2.05, 4.69) is 69.3 Å². The zero-order valence-corrected chi connectivity index (χ0v) is 20.4. The fourth-order valence-corrected chi connectivity index (χ4v) is 6.12. The molecule has 34 heavy (non-hydrogen) atoms. The van der Waals surface area contributed by atoms with Crippen molar-refractivity contribution in [2.24, 2.45) is 0 Å². The fourth-order valence-electron chi connectivity index (χ4n) is 4.89. The molecule has 0 amide bonds. The van der Waals surface area contributed by atoms with Crippen LogP contribution in [0.25, 0.3) is 42.4 Å². The highest BCUT2D eigenvalue weighted by molar-refractivity contribution is 7.26. The molecule has 1 heterocycles. The smallest absolute Gasteiger partial charge is 0.113 e. The largest absolute Gasteiger partial charge is 0.135 e. The van der Waals surface area contributed by atoms with Gasteiger partial charge < -0.3 is 0 Å². The number of hydrogen-bond acceptors (Lipinski definition) is 1. The van der Waals surface area contributed by atoms with Gasteiger partial charge in [0, 0.05) is 20.2 Å². The maximum atomic E-state index is 6.49. The van der Waals surface area contributed by atoms with Crippen LogP contribution >= 0.6 is 11.3 Å². The Bertz CT molecular complexity index is 1560. The van der Waals surface area contributed by atoms with E-state index in [4.69, 9.17) is 39.2 Å². The summed E-state index contributed by atoms with van der Waals surface area (Å²) in [5, 5.41) is 2.52. The molecule has 0 N–H and O–H groups in total. The van der Waals surface area contributed by atoms with Gasteiger partial charge in [0.25, 0.3) is 0 Å². The Morgan fingerprint density at radius 3 is 1.76 bits per heavy atom. The number of rotatable bonds is 2. The third-order valence-electron chi connectivity index (χ3n) is 6.48. The highest BCUT2D eigenvalue weighted by Crippen LogP contribution is 2.44. The van der Waals surface area contributed by atoms with Gasteiger partial charge >= 0.3 is 0 Å². The molecule has 0 aliphatic heterocycles. The Morgan fingerprint density at radius 1 is 0.559 bits per heavy atom. The van der Waals surface area contributed by atoms with Gasteiger partial charge in [0.1, 0.15) is 39.2 Å². The predicted octanol–water partition coefficient (Wildman–Crippen LogP) is 2.66. The summed E-state index contributed by atoms with van der Waals surface area (Å²) >= 11 is 1.81. The lowest BCUT2D eigenvalue weighted by Crippen LogP contribution is -2.55. The van der Waals surface area contributed by atoms with Crippen LogP contribution in [-0.4, -0.2) is 39.2 Å². The van der Waals surface area contributed by atoms with Gasteiger partial charge in [-0.25, -0.2) is 0 Å². The molecular formula is C28H19B5S. The second-order valence-corrected chi connectivity index (χ2v) is 10.8. The van der Waals surface area contributed by atoms with E-state index in [9.17, 15) is 0 Å². The zero-order chi connectivity index (χ0) is 24.4. The Kier molecular flexibility index (Phi) is 5.64. The van der Waals surface area contributed by atoms with Gasteiger partial charge in [-0.15, -0.1) is 27.7 Å². The second-order valence-electron chi connectivity index (χ2n) is 9.70. The second kappa shape index (κ2) is 8.27. The van der Waals surface area contributed by atoms with Gasteiger partial charge in [0.2, 0.25) is 0 Å².